The first-order valence-corrected chi connectivity index (χ1v) is 8.35. The molecule has 0 amide bonds. The van der Waals surface area contributed by atoms with E-state index in [0.717, 1.165) is 11.5 Å². The lowest BCUT2D eigenvalue weighted by atomic mass is 9.93. The Balaban J connectivity index is 1.77. The first-order chi connectivity index (χ1) is 9.13. The fraction of sp³-hybridized carbons (Fsp3) is 0.467. The Morgan fingerprint density at radius 3 is 3.05 bits per heavy atom. The van der Waals surface area contributed by atoms with Gasteiger partial charge in [-0.3, -0.25) is 0 Å². The van der Waals surface area contributed by atoms with E-state index in [-0.39, 0.29) is 6.04 Å². The number of thiophene rings is 1. The highest BCUT2D eigenvalue weighted by Gasteiger charge is 2.24. The van der Waals surface area contributed by atoms with Gasteiger partial charge in [-0.1, -0.05) is 0 Å². The van der Waals surface area contributed by atoms with Crippen LogP contribution in [0.3, 0.4) is 0 Å². The van der Waals surface area contributed by atoms with E-state index in [2.05, 4.69) is 40.3 Å². The molecule has 19 heavy (non-hydrogen) atoms. The third-order valence-electron chi connectivity index (χ3n) is 3.72. The predicted molar refractivity (Wildman–Crippen MR) is 82.7 cm³/mol. The highest BCUT2D eigenvalue weighted by atomic mass is 79.9. The summed E-state index contributed by atoms with van der Waals surface area (Å²) in [6.45, 7) is 4.17. The second-order valence-electron chi connectivity index (χ2n) is 5.21. The Hall–Kier alpha value is -0.580. The Kier molecular flexibility index (Phi) is 3.83. The topological polar surface area (TPSA) is 25.2 Å². The average Bonchev–Trinajstić information content (AvgIpc) is 2.95. The summed E-state index contributed by atoms with van der Waals surface area (Å²) in [5.74, 6) is 2.00. The number of hydrogen-bond acceptors (Lipinski definition) is 3. The second kappa shape index (κ2) is 5.43. The van der Waals surface area contributed by atoms with Crippen molar-refractivity contribution in [2.24, 2.45) is 0 Å². The standard InChI is InChI=1S/C15H18BrNOS/c1-9-6-7-13(18-9)10(2)17-12-4-3-5-14-11(12)8-15(16)19-14/h6-8,10,12,17H,3-5H2,1-2H3. The molecule has 0 aliphatic heterocycles. The van der Waals surface area contributed by atoms with Crippen LogP contribution in [0.25, 0.3) is 0 Å². The molecule has 1 aliphatic rings. The van der Waals surface area contributed by atoms with E-state index in [0.29, 0.717) is 6.04 Å². The van der Waals surface area contributed by atoms with Crippen molar-refractivity contribution >= 4 is 27.3 Å². The third-order valence-corrected chi connectivity index (χ3v) is 5.44. The van der Waals surface area contributed by atoms with Crippen LogP contribution in [-0.4, -0.2) is 0 Å². The number of fused-ring (bicyclic) bond motifs is 1. The highest BCUT2D eigenvalue weighted by Crippen LogP contribution is 2.39. The molecule has 0 saturated carbocycles. The largest absolute Gasteiger partial charge is 0.465 e. The Morgan fingerprint density at radius 2 is 2.32 bits per heavy atom. The fourth-order valence-corrected chi connectivity index (χ4v) is 4.58. The van der Waals surface area contributed by atoms with Crippen molar-refractivity contribution in [1.29, 1.82) is 0 Å². The molecule has 0 aromatic carbocycles. The monoisotopic (exact) mass is 339 g/mol. The molecule has 2 aromatic rings. The molecule has 0 radical (unpaired) electrons. The molecule has 2 nitrogen and oxygen atoms in total. The first kappa shape index (κ1) is 13.4. The van der Waals surface area contributed by atoms with Crippen molar-refractivity contribution in [1.82, 2.24) is 5.32 Å². The van der Waals surface area contributed by atoms with E-state index in [1.54, 1.807) is 0 Å². The lowest BCUT2D eigenvalue weighted by Crippen LogP contribution is -2.26. The molecule has 0 spiro atoms. The van der Waals surface area contributed by atoms with Crippen LogP contribution in [0, 0.1) is 6.92 Å². The molecule has 0 saturated heterocycles. The van der Waals surface area contributed by atoms with Gasteiger partial charge in [-0.15, -0.1) is 11.3 Å². The van der Waals surface area contributed by atoms with Crippen molar-refractivity contribution in [2.45, 2.75) is 45.2 Å². The molecule has 2 aromatic heterocycles. The Morgan fingerprint density at radius 1 is 1.47 bits per heavy atom. The average molecular weight is 340 g/mol. The summed E-state index contributed by atoms with van der Waals surface area (Å²) in [5.41, 5.74) is 1.47. The first-order valence-electron chi connectivity index (χ1n) is 6.74. The summed E-state index contributed by atoms with van der Waals surface area (Å²) < 4.78 is 6.95. The van der Waals surface area contributed by atoms with Crippen LogP contribution in [0.5, 0.6) is 0 Å². The molecule has 2 unspecified atom stereocenters. The van der Waals surface area contributed by atoms with E-state index in [9.17, 15) is 0 Å². The zero-order valence-corrected chi connectivity index (χ0v) is 13.6. The van der Waals surface area contributed by atoms with Crippen molar-refractivity contribution in [3.8, 4) is 0 Å². The number of hydrogen-bond donors (Lipinski definition) is 1. The lowest BCUT2D eigenvalue weighted by Gasteiger charge is -2.26. The highest BCUT2D eigenvalue weighted by molar-refractivity contribution is 9.11. The van der Waals surface area contributed by atoms with Crippen LogP contribution in [0.15, 0.2) is 26.4 Å². The van der Waals surface area contributed by atoms with Crippen molar-refractivity contribution in [3.05, 3.63) is 43.9 Å². The maximum absolute atomic E-state index is 5.71. The minimum atomic E-state index is 0.253. The van der Waals surface area contributed by atoms with Gasteiger partial charge >= 0.3 is 0 Å². The summed E-state index contributed by atoms with van der Waals surface area (Å²) in [7, 11) is 0. The number of halogens is 1. The quantitative estimate of drug-likeness (QED) is 0.837. The van der Waals surface area contributed by atoms with E-state index < -0.39 is 0 Å². The number of rotatable bonds is 3. The van der Waals surface area contributed by atoms with Gasteiger partial charge in [-0.25, -0.2) is 0 Å². The van der Waals surface area contributed by atoms with E-state index >= 15 is 0 Å². The lowest BCUT2D eigenvalue weighted by molar-refractivity contribution is 0.363. The van der Waals surface area contributed by atoms with Crippen molar-refractivity contribution in [2.75, 3.05) is 0 Å². The molecule has 1 N–H and O–H groups in total. The van der Waals surface area contributed by atoms with Gasteiger partial charge in [0.05, 0.1) is 9.83 Å². The van der Waals surface area contributed by atoms with E-state index in [1.165, 1.54) is 33.5 Å². The van der Waals surface area contributed by atoms with Gasteiger partial charge in [0.2, 0.25) is 0 Å². The summed E-state index contributed by atoms with van der Waals surface area (Å²) >= 11 is 5.48. The molecule has 1 aliphatic carbocycles. The zero-order valence-electron chi connectivity index (χ0n) is 11.2. The summed E-state index contributed by atoms with van der Waals surface area (Å²) in [4.78, 5) is 1.53. The number of furan rings is 1. The minimum absolute atomic E-state index is 0.253. The van der Waals surface area contributed by atoms with Crippen molar-refractivity contribution in [3.63, 3.8) is 0 Å². The van der Waals surface area contributed by atoms with Crippen LogP contribution in [0.4, 0.5) is 0 Å². The predicted octanol–water partition coefficient (Wildman–Crippen LogP) is 5.14. The normalized spacial score (nSPS) is 20.3. The Bertz CT molecular complexity index is 574. The fourth-order valence-electron chi connectivity index (χ4n) is 2.76. The molecule has 2 heterocycles. The van der Waals surface area contributed by atoms with E-state index in [4.69, 9.17) is 4.42 Å². The van der Waals surface area contributed by atoms with Gasteiger partial charge in [0.1, 0.15) is 11.5 Å². The van der Waals surface area contributed by atoms with Gasteiger partial charge in [-0.05, 0) is 72.8 Å². The summed E-state index contributed by atoms with van der Waals surface area (Å²) in [6.07, 6.45) is 3.69. The molecule has 102 valence electrons. The molecule has 3 rings (SSSR count). The molecular weight excluding hydrogens is 322 g/mol. The maximum Gasteiger partial charge on any atom is 0.120 e. The molecular formula is C15H18BrNOS. The second-order valence-corrected chi connectivity index (χ2v) is 7.73. The SMILES string of the molecule is Cc1ccc(C(C)NC2CCCc3sc(Br)cc32)o1. The van der Waals surface area contributed by atoms with E-state index in [1.807, 2.05) is 24.3 Å². The van der Waals surface area contributed by atoms with Gasteiger partial charge in [0.15, 0.2) is 0 Å². The third kappa shape index (κ3) is 2.81. The molecule has 0 fully saturated rings. The Labute approximate surface area is 126 Å². The molecule has 4 heteroatoms. The van der Waals surface area contributed by atoms with Crippen LogP contribution in [0.2, 0.25) is 0 Å². The minimum Gasteiger partial charge on any atom is -0.465 e. The number of aryl methyl sites for hydroxylation is 2. The molecule has 0 bridgehead atoms. The van der Waals surface area contributed by atoms with Gasteiger partial charge in [0, 0.05) is 10.9 Å². The molecule has 2 atom stereocenters. The van der Waals surface area contributed by atoms with Crippen molar-refractivity contribution < 1.29 is 4.42 Å². The van der Waals surface area contributed by atoms with Crippen LogP contribution in [-0.2, 0) is 6.42 Å². The summed E-state index contributed by atoms with van der Waals surface area (Å²) in [6, 6.07) is 7.08. The smallest absolute Gasteiger partial charge is 0.120 e. The van der Waals surface area contributed by atoms with Crippen LogP contribution >= 0.6 is 27.3 Å². The van der Waals surface area contributed by atoms with Crippen LogP contribution in [0.1, 0.15) is 53.8 Å². The maximum atomic E-state index is 5.71. The van der Waals surface area contributed by atoms with Crippen LogP contribution < -0.4 is 5.32 Å². The van der Waals surface area contributed by atoms with Gasteiger partial charge in [0.25, 0.3) is 0 Å². The number of nitrogens with one attached hydrogen (secondary N) is 1. The summed E-state index contributed by atoms with van der Waals surface area (Å²) in [5, 5.41) is 3.71. The van der Waals surface area contributed by atoms with Gasteiger partial charge < -0.3 is 9.73 Å². The zero-order chi connectivity index (χ0) is 13.4. The van der Waals surface area contributed by atoms with Gasteiger partial charge in [-0.2, -0.15) is 0 Å².